The van der Waals surface area contributed by atoms with Crippen LogP contribution >= 0.6 is 15.9 Å². The van der Waals surface area contributed by atoms with Crippen LogP contribution in [0.15, 0.2) is 46.9 Å². The standard InChI is InChI=1S/C21H24BrNO2/c1-2-3-4-7-14-25-20-11-10-17(15-18(20)22)21(24)23-13-12-16-8-5-6-9-19(16)23/h5-6,8-11,15H,2-4,7,12-14H2,1H3. The average Bonchev–Trinajstić information content (AvgIpc) is 3.06. The zero-order valence-electron chi connectivity index (χ0n) is 14.6. The highest BCUT2D eigenvalue weighted by atomic mass is 79.9. The van der Waals surface area contributed by atoms with Crippen LogP contribution in [-0.2, 0) is 6.42 Å². The molecular weight excluding hydrogens is 378 g/mol. The number of rotatable bonds is 7. The van der Waals surface area contributed by atoms with Crippen molar-refractivity contribution in [1.29, 1.82) is 0 Å². The molecule has 0 saturated heterocycles. The molecular formula is C21H24BrNO2. The molecule has 0 spiro atoms. The second-order valence-electron chi connectivity index (χ2n) is 6.39. The second-order valence-corrected chi connectivity index (χ2v) is 7.24. The van der Waals surface area contributed by atoms with Gasteiger partial charge in [-0.15, -0.1) is 0 Å². The number of halogens is 1. The van der Waals surface area contributed by atoms with Gasteiger partial charge in [0.05, 0.1) is 11.1 Å². The summed E-state index contributed by atoms with van der Waals surface area (Å²) in [7, 11) is 0. The summed E-state index contributed by atoms with van der Waals surface area (Å²) in [5, 5.41) is 0. The van der Waals surface area contributed by atoms with Crippen LogP contribution in [-0.4, -0.2) is 19.1 Å². The van der Waals surface area contributed by atoms with Crippen LogP contribution in [0.1, 0.15) is 48.5 Å². The van der Waals surface area contributed by atoms with Gasteiger partial charge in [0.2, 0.25) is 0 Å². The molecule has 2 aromatic carbocycles. The Morgan fingerprint density at radius 1 is 1.16 bits per heavy atom. The Balaban J connectivity index is 1.65. The van der Waals surface area contributed by atoms with Crippen molar-refractivity contribution < 1.29 is 9.53 Å². The number of ether oxygens (including phenoxy) is 1. The van der Waals surface area contributed by atoms with E-state index in [4.69, 9.17) is 4.74 Å². The van der Waals surface area contributed by atoms with Crippen molar-refractivity contribution in [2.75, 3.05) is 18.1 Å². The topological polar surface area (TPSA) is 29.5 Å². The lowest BCUT2D eigenvalue weighted by atomic mass is 10.1. The maximum absolute atomic E-state index is 12.9. The van der Waals surface area contributed by atoms with E-state index >= 15 is 0 Å². The van der Waals surface area contributed by atoms with Gasteiger partial charge < -0.3 is 9.64 Å². The molecule has 1 heterocycles. The normalized spacial score (nSPS) is 13.0. The fraction of sp³-hybridized carbons (Fsp3) is 0.381. The minimum Gasteiger partial charge on any atom is -0.492 e. The maximum atomic E-state index is 12.9. The van der Waals surface area contributed by atoms with Gasteiger partial charge in [0.25, 0.3) is 5.91 Å². The first-order valence-electron chi connectivity index (χ1n) is 9.03. The summed E-state index contributed by atoms with van der Waals surface area (Å²) >= 11 is 3.54. The van der Waals surface area contributed by atoms with Gasteiger partial charge >= 0.3 is 0 Å². The first kappa shape index (κ1) is 18.0. The van der Waals surface area contributed by atoms with Crippen LogP contribution in [0.3, 0.4) is 0 Å². The van der Waals surface area contributed by atoms with Crippen molar-refractivity contribution in [3.05, 3.63) is 58.1 Å². The fourth-order valence-electron chi connectivity index (χ4n) is 3.17. The molecule has 25 heavy (non-hydrogen) atoms. The number of amides is 1. The molecule has 4 heteroatoms. The molecule has 2 aromatic rings. The summed E-state index contributed by atoms with van der Waals surface area (Å²) in [6.45, 7) is 3.66. The number of hydrogen-bond acceptors (Lipinski definition) is 2. The lowest BCUT2D eigenvalue weighted by Gasteiger charge is -2.18. The molecule has 1 aliphatic heterocycles. The first-order valence-corrected chi connectivity index (χ1v) is 9.82. The molecule has 0 aromatic heterocycles. The van der Waals surface area contributed by atoms with Crippen molar-refractivity contribution in [3.63, 3.8) is 0 Å². The lowest BCUT2D eigenvalue weighted by Crippen LogP contribution is -2.28. The molecule has 0 atom stereocenters. The van der Waals surface area contributed by atoms with Crippen LogP contribution in [0.2, 0.25) is 0 Å². The van der Waals surface area contributed by atoms with E-state index in [1.807, 2.05) is 41.3 Å². The summed E-state index contributed by atoms with van der Waals surface area (Å²) in [5.74, 6) is 0.843. The highest BCUT2D eigenvalue weighted by Crippen LogP contribution is 2.31. The zero-order valence-corrected chi connectivity index (χ0v) is 16.2. The number of hydrogen-bond donors (Lipinski definition) is 0. The van der Waals surface area contributed by atoms with E-state index in [0.717, 1.165) is 35.3 Å². The number of carbonyl (C=O) groups excluding carboxylic acids is 1. The predicted octanol–water partition coefficient (Wildman–Crippen LogP) is 5.61. The molecule has 0 saturated carbocycles. The summed E-state index contributed by atoms with van der Waals surface area (Å²) < 4.78 is 6.66. The molecule has 3 rings (SSSR count). The number of anilines is 1. The van der Waals surface area contributed by atoms with Gasteiger partial charge in [-0.2, -0.15) is 0 Å². The Kier molecular flexibility index (Phi) is 6.14. The van der Waals surface area contributed by atoms with Crippen LogP contribution < -0.4 is 9.64 Å². The molecule has 3 nitrogen and oxygen atoms in total. The average molecular weight is 402 g/mol. The van der Waals surface area contributed by atoms with Crippen molar-refractivity contribution in [2.24, 2.45) is 0 Å². The third-order valence-corrected chi connectivity index (χ3v) is 5.19. The highest BCUT2D eigenvalue weighted by Gasteiger charge is 2.25. The first-order chi connectivity index (χ1) is 12.2. The molecule has 0 bridgehead atoms. The van der Waals surface area contributed by atoms with Crippen molar-refractivity contribution in [3.8, 4) is 5.75 Å². The van der Waals surface area contributed by atoms with E-state index < -0.39 is 0 Å². The van der Waals surface area contributed by atoms with E-state index in [1.165, 1.54) is 24.8 Å². The minimum absolute atomic E-state index is 0.0418. The smallest absolute Gasteiger partial charge is 0.258 e. The monoisotopic (exact) mass is 401 g/mol. The van der Waals surface area contributed by atoms with Gasteiger partial charge in [-0.3, -0.25) is 4.79 Å². The molecule has 1 aliphatic rings. The van der Waals surface area contributed by atoms with Gasteiger partial charge in [0.15, 0.2) is 0 Å². The number of unbranched alkanes of at least 4 members (excludes halogenated alkanes) is 3. The van der Waals surface area contributed by atoms with Gasteiger partial charge in [0.1, 0.15) is 5.75 Å². The maximum Gasteiger partial charge on any atom is 0.258 e. The molecule has 0 N–H and O–H groups in total. The SMILES string of the molecule is CCCCCCOc1ccc(C(=O)N2CCc3ccccc32)cc1Br. The fourth-order valence-corrected chi connectivity index (χ4v) is 3.66. The Morgan fingerprint density at radius 3 is 2.80 bits per heavy atom. The third-order valence-electron chi connectivity index (χ3n) is 4.57. The van der Waals surface area contributed by atoms with Gasteiger partial charge in [-0.05, 0) is 58.6 Å². The Bertz CT molecular complexity index is 744. The van der Waals surface area contributed by atoms with E-state index in [9.17, 15) is 4.79 Å². The van der Waals surface area contributed by atoms with E-state index in [1.54, 1.807) is 0 Å². The Morgan fingerprint density at radius 2 is 2.00 bits per heavy atom. The summed E-state index contributed by atoms with van der Waals surface area (Å²) in [5.41, 5.74) is 2.95. The van der Waals surface area contributed by atoms with Crippen LogP contribution in [0.25, 0.3) is 0 Å². The van der Waals surface area contributed by atoms with Crippen LogP contribution in [0, 0.1) is 0 Å². The molecule has 0 aliphatic carbocycles. The van der Waals surface area contributed by atoms with Gasteiger partial charge in [0, 0.05) is 17.8 Å². The van der Waals surface area contributed by atoms with E-state index in [-0.39, 0.29) is 5.91 Å². The number of carbonyl (C=O) groups is 1. The van der Waals surface area contributed by atoms with Gasteiger partial charge in [-0.25, -0.2) is 0 Å². The summed E-state index contributed by atoms with van der Waals surface area (Å²) in [6, 6.07) is 13.7. The predicted molar refractivity (Wildman–Crippen MR) is 106 cm³/mol. The van der Waals surface area contributed by atoms with E-state index in [0.29, 0.717) is 12.2 Å². The molecule has 0 radical (unpaired) electrons. The Labute approximate surface area is 158 Å². The third kappa shape index (κ3) is 4.24. The summed E-state index contributed by atoms with van der Waals surface area (Å²) in [6.07, 6.45) is 5.64. The molecule has 132 valence electrons. The molecule has 0 unspecified atom stereocenters. The molecule has 1 amide bonds. The number of fused-ring (bicyclic) bond motifs is 1. The number of para-hydroxylation sites is 1. The van der Waals surface area contributed by atoms with Crippen LogP contribution in [0.4, 0.5) is 5.69 Å². The Hall–Kier alpha value is -1.81. The summed E-state index contributed by atoms with van der Waals surface area (Å²) in [4.78, 5) is 14.7. The quantitative estimate of drug-likeness (QED) is 0.564. The zero-order chi connectivity index (χ0) is 17.6. The van der Waals surface area contributed by atoms with Crippen LogP contribution in [0.5, 0.6) is 5.75 Å². The number of nitrogens with zero attached hydrogens (tertiary/aromatic N) is 1. The molecule has 0 fully saturated rings. The highest BCUT2D eigenvalue weighted by molar-refractivity contribution is 9.10. The van der Waals surface area contributed by atoms with Gasteiger partial charge in [-0.1, -0.05) is 44.4 Å². The number of benzene rings is 2. The van der Waals surface area contributed by atoms with E-state index in [2.05, 4.69) is 28.9 Å². The largest absolute Gasteiger partial charge is 0.492 e. The van der Waals surface area contributed by atoms with Crippen molar-refractivity contribution in [1.82, 2.24) is 0 Å². The van der Waals surface area contributed by atoms with Crippen molar-refractivity contribution in [2.45, 2.75) is 39.0 Å². The minimum atomic E-state index is 0.0418. The van der Waals surface area contributed by atoms with Crippen molar-refractivity contribution >= 4 is 27.5 Å². The second kappa shape index (κ2) is 8.52. The lowest BCUT2D eigenvalue weighted by molar-refractivity contribution is 0.0989.